The highest BCUT2D eigenvalue weighted by atomic mass is 35.5. The van der Waals surface area contributed by atoms with Crippen LogP contribution in [0, 0.1) is 5.82 Å². The van der Waals surface area contributed by atoms with Crippen LogP contribution >= 0.6 is 11.6 Å². The summed E-state index contributed by atoms with van der Waals surface area (Å²) in [5.41, 5.74) is 1.44. The van der Waals surface area contributed by atoms with Crippen LogP contribution in [-0.2, 0) is 16.2 Å². The molecule has 8 heteroatoms. The van der Waals surface area contributed by atoms with Crippen molar-refractivity contribution in [3.8, 4) is 11.5 Å². The van der Waals surface area contributed by atoms with Gasteiger partial charge in [0.2, 0.25) is 0 Å². The van der Waals surface area contributed by atoms with E-state index in [4.69, 9.17) is 25.9 Å². The van der Waals surface area contributed by atoms with E-state index >= 15 is 0 Å². The van der Waals surface area contributed by atoms with Gasteiger partial charge in [-0.2, -0.15) is 0 Å². The van der Waals surface area contributed by atoms with Gasteiger partial charge in [0.15, 0.2) is 18.1 Å². The zero-order chi connectivity index (χ0) is 19.8. The van der Waals surface area contributed by atoms with Crippen LogP contribution in [0.5, 0.6) is 11.5 Å². The summed E-state index contributed by atoms with van der Waals surface area (Å²) in [5.74, 6) is 0.305. The lowest BCUT2D eigenvalue weighted by atomic mass is 10.2. The largest absolute Gasteiger partial charge is 0.493 e. The second-order valence-electron chi connectivity index (χ2n) is 5.62. The summed E-state index contributed by atoms with van der Waals surface area (Å²) in [6.07, 6.45) is 1.42. The fourth-order valence-electron chi connectivity index (χ4n) is 2.27. The van der Waals surface area contributed by atoms with Gasteiger partial charge in [0.05, 0.1) is 25.5 Å². The zero-order valence-corrected chi connectivity index (χ0v) is 16.0. The van der Waals surface area contributed by atoms with Crippen molar-refractivity contribution >= 4 is 23.7 Å². The maximum atomic E-state index is 12.9. The SMILES string of the molecule is COc1cc(/C=N/OCC(=O)N(C)Cc2ccc(F)cc2)cc(Cl)c1OC. The molecule has 0 saturated carbocycles. The molecule has 0 spiro atoms. The topological polar surface area (TPSA) is 60.4 Å². The number of amides is 1. The zero-order valence-electron chi connectivity index (χ0n) is 15.2. The van der Waals surface area contributed by atoms with Crippen LogP contribution < -0.4 is 9.47 Å². The molecule has 2 aromatic carbocycles. The van der Waals surface area contributed by atoms with Crippen molar-refractivity contribution in [1.29, 1.82) is 0 Å². The molecule has 27 heavy (non-hydrogen) atoms. The van der Waals surface area contributed by atoms with E-state index in [1.807, 2.05) is 0 Å². The number of rotatable bonds is 8. The molecular formula is C19H20ClFN2O4. The molecule has 0 unspecified atom stereocenters. The predicted octanol–water partition coefficient (Wildman–Crippen LogP) is 3.51. The van der Waals surface area contributed by atoms with Gasteiger partial charge in [0.25, 0.3) is 5.91 Å². The lowest BCUT2D eigenvalue weighted by Gasteiger charge is -2.16. The van der Waals surface area contributed by atoms with Crippen LogP contribution in [0.2, 0.25) is 5.02 Å². The number of hydrogen-bond donors (Lipinski definition) is 0. The maximum Gasteiger partial charge on any atom is 0.263 e. The van der Waals surface area contributed by atoms with Gasteiger partial charge in [-0.05, 0) is 29.8 Å². The summed E-state index contributed by atoms with van der Waals surface area (Å²) in [6.45, 7) is 0.118. The first-order valence-electron chi connectivity index (χ1n) is 8.00. The summed E-state index contributed by atoms with van der Waals surface area (Å²) in [5, 5.41) is 4.15. The minimum absolute atomic E-state index is 0.227. The van der Waals surface area contributed by atoms with Gasteiger partial charge in [0, 0.05) is 19.2 Å². The van der Waals surface area contributed by atoms with E-state index in [0.29, 0.717) is 28.6 Å². The van der Waals surface area contributed by atoms with Crippen LogP contribution in [0.4, 0.5) is 4.39 Å². The van der Waals surface area contributed by atoms with Gasteiger partial charge in [-0.15, -0.1) is 0 Å². The van der Waals surface area contributed by atoms with E-state index in [2.05, 4.69) is 5.16 Å². The molecule has 0 heterocycles. The number of nitrogens with zero attached hydrogens (tertiary/aromatic N) is 2. The van der Waals surface area contributed by atoms with Crippen molar-refractivity contribution in [1.82, 2.24) is 4.90 Å². The molecule has 0 aliphatic rings. The van der Waals surface area contributed by atoms with E-state index in [1.165, 1.54) is 37.5 Å². The summed E-state index contributed by atoms with van der Waals surface area (Å²) < 4.78 is 23.3. The molecule has 0 N–H and O–H groups in total. The Hall–Kier alpha value is -2.80. The first-order chi connectivity index (χ1) is 12.9. The van der Waals surface area contributed by atoms with Crippen molar-refractivity contribution in [3.63, 3.8) is 0 Å². The Morgan fingerprint density at radius 2 is 1.93 bits per heavy atom. The predicted molar refractivity (Wildman–Crippen MR) is 101 cm³/mol. The van der Waals surface area contributed by atoms with Gasteiger partial charge in [-0.3, -0.25) is 4.79 Å². The van der Waals surface area contributed by atoms with Crippen molar-refractivity contribution in [2.45, 2.75) is 6.54 Å². The van der Waals surface area contributed by atoms with Crippen LogP contribution in [0.1, 0.15) is 11.1 Å². The van der Waals surface area contributed by atoms with E-state index in [0.717, 1.165) is 5.56 Å². The number of hydrogen-bond acceptors (Lipinski definition) is 5. The average molecular weight is 395 g/mol. The molecule has 2 rings (SSSR count). The highest BCUT2D eigenvalue weighted by molar-refractivity contribution is 6.32. The van der Waals surface area contributed by atoms with Gasteiger partial charge in [0.1, 0.15) is 5.82 Å². The standard InChI is InChI=1S/C19H20ClFN2O4/c1-23(11-13-4-6-15(21)7-5-13)18(24)12-27-22-10-14-8-16(20)19(26-3)17(9-14)25-2/h4-10H,11-12H2,1-3H3/b22-10+. The number of carbonyl (C=O) groups excluding carboxylic acids is 1. The number of carbonyl (C=O) groups is 1. The number of methoxy groups -OCH3 is 2. The summed E-state index contributed by atoms with van der Waals surface area (Å²) >= 11 is 6.11. The fraction of sp³-hybridized carbons (Fsp3) is 0.263. The summed E-state index contributed by atoms with van der Waals surface area (Å²) in [6, 6.07) is 9.27. The number of halogens is 2. The first-order valence-corrected chi connectivity index (χ1v) is 8.37. The van der Waals surface area contributed by atoms with E-state index in [1.54, 1.807) is 31.3 Å². The molecule has 1 amide bonds. The molecule has 0 fully saturated rings. The molecule has 0 saturated heterocycles. The van der Waals surface area contributed by atoms with Crippen LogP contribution in [0.15, 0.2) is 41.6 Å². The van der Waals surface area contributed by atoms with Crippen molar-refractivity contribution in [2.75, 3.05) is 27.9 Å². The van der Waals surface area contributed by atoms with Crippen molar-refractivity contribution < 1.29 is 23.5 Å². The van der Waals surface area contributed by atoms with Gasteiger partial charge >= 0.3 is 0 Å². The van der Waals surface area contributed by atoms with Crippen molar-refractivity contribution in [3.05, 3.63) is 58.4 Å². The lowest BCUT2D eigenvalue weighted by molar-refractivity contribution is -0.135. The molecule has 0 aliphatic carbocycles. The molecule has 0 aromatic heterocycles. The fourth-order valence-corrected chi connectivity index (χ4v) is 2.56. The van der Waals surface area contributed by atoms with E-state index < -0.39 is 0 Å². The Balaban J connectivity index is 1.88. The molecule has 2 aromatic rings. The minimum atomic E-state index is -0.319. The number of benzene rings is 2. The lowest BCUT2D eigenvalue weighted by Crippen LogP contribution is -2.29. The normalized spacial score (nSPS) is 10.7. The highest BCUT2D eigenvalue weighted by Crippen LogP contribution is 2.35. The van der Waals surface area contributed by atoms with Gasteiger partial charge in [-0.25, -0.2) is 4.39 Å². The minimum Gasteiger partial charge on any atom is -0.493 e. The van der Waals surface area contributed by atoms with E-state index in [9.17, 15) is 9.18 Å². The molecule has 144 valence electrons. The summed E-state index contributed by atoms with van der Waals surface area (Å²) in [7, 11) is 4.63. The molecule has 6 nitrogen and oxygen atoms in total. The Bertz CT molecular complexity index is 812. The number of ether oxygens (including phenoxy) is 2. The molecule has 0 atom stereocenters. The van der Waals surface area contributed by atoms with Crippen LogP contribution in [0.25, 0.3) is 0 Å². The highest BCUT2D eigenvalue weighted by Gasteiger charge is 2.11. The molecular weight excluding hydrogens is 375 g/mol. The van der Waals surface area contributed by atoms with Crippen LogP contribution in [0.3, 0.4) is 0 Å². The molecule has 0 bridgehead atoms. The smallest absolute Gasteiger partial charge is 0.263 e. The Labute approximate surface area is 162 Å². The Morgan fingerprint density at radius 3 is 2.56 bits per heavy atom. The third-order valence-corrected chi connectivity index (χ3v) is 3.96. The number of oxime groups is 1. The Morgan fingerprint density at radius 1 is 1.22 bits per heavy atom. The third kappa shape index (κ3) is 5.86. The van der Waals surface area contributed by atoms with E-state index in [-0.39, 0.29) is 18.3 Å². The van der Waals surface area contributed by atoms with Gasteiger partial charge in [-0.1, -0.05) is 28.9 Å². The Kier molecular flexibility index (Phi) is 7.43. The third-order valence-electron chi connectivity index (χ3n) is 3.68. The number of likely N-dealkylation sites (N-methyl/N-ethyl adjacent to an activating group) is 1. The second-order valence-corrected chi connectivity index (χ2v) is 6.03. The van der Waals surface area contributed by atoms with Crippen LogP contribution in [-0.4, -0.2) is 44.9 Å². The monoisotopic (exact) mass is 394 g/mol. The molecule has 0 radical (unpaired) electrons. The molecule has 0 aliphatic heterocycles. The van der Waals surface area contributed by atoms with Gasteiger partial charge < -0.3 is 19.2 Å². The second kappa shape index (κ2) is 9.78. The quantitative estimate of drug-likeness (QED) is 0.508. The average Bonchev–Trinajstić information content (AvgIpc) is 2.66. The van der Waals surface area contributed by atoms with Crippen molar-refractivity contribution in [2.24, 2.45) is 5.16 Å². The first kappa shape index (κ1) is 20.5. The maximum absolute atomic E-state index is 12.9. The summed E-state index contributed by atoms with van der Waals surface area (Å²) in [4.78, 5) is 18.6.